The molecule has 0 spiro atoms. The molecule has 0 radical (unpaired) electrons. The second-order valence-corrected chi connectivity index (χ2v) is 9.44. The minimum atomic E-state index is -3.73. The van der Waals surface area contributed by atoms with E-state index in [4.69, 9.17) is 23.2 Å². The molecule has 0 saturated carbocycles. The highest BCUT2D eigenvalue weighted by Gasteiger charge is 2.31. The van der Waals surface area contributed by atoms with Gasteiger partial charge in [0.2, 0.25) is 15.9 Å². The van der Waals surface area contributed by atoms with Crippen molar-refractivity contribution in [1.29, 1.82) is 0 Å². The van der Waals surface area contributed by atoms with E-state index in [0.29, 0.717) is 25.9 Å². The summed E-state index contributed by atoms with van der Waals surface area (Å²) in [5.74, 6) is 0.0500. The van der Waals surface area contributed by atoms with Gasteiger partial charge >= 0.3 is 0 Å². The van der Waals surface area contributed by atoms with E-state index in [1.165, 1.54) is 10.4 Å². The van der Waals surface area contributed by atoms with Crippen molar-refractivity contribution in [2.24, 2.45) is 0 Å². The van der Waals surface area contributed by atoms with Crippen LogP contribution >= 0.6 is 34.5 Å². The summed E-state index contributed by atoms with van der Waals surface area (Å²) in [6.07, 6.45) is 1.14. The van der Waals surface area contributed by atoms with E-state index in [-0.39, 0.29) is 33.9 Å². The first kappa shape index (κ1) is 19.6. The van der Waals surface area contributed by atoms with Gasteiger partial charge in [-0.15, -0.1) is 0 Å². The van der Waals surface area contributed by atoms with Crippen molar-refractivity contribution in [3.8, 4) is 0 Å². The summed E-state index contributed by atoms with van der Waals surface area (Å²) in [5, 5.41) is 4.26. The molecular formula is C17H18Cl2N2O3S2. The Morgan fingerprint density at radius 1 is 1.12 bits per heavy atom. The van der Waals surface area contributed by atoms with Gasteiger partial charge in [0.15, 0.2) is 0 Å². The van der Waals surface area contributed by atoms with Crippen LogP contribution < -0.4 is 0 Å². The number of rotatable bonds is 5. The molecule has 0 aliphatic carbocycles. The number of hydrogen-bond acceptors (Lipinski definition) is 4. The normalized spacial score (nSPS) is 16.0. The molecule has 0 atom stereocenters. The van der Waals surface area contributed by atoms with Crippen LogP contribution in [0.5, 0.6) is 0 Å². The average Bonchev–Trinajstić information content (AvgIpc) is 3.15. The summed E-state index contributed by atoms with van der Waals surface area (Å²) in [7, 11) is -3.73. The average molecular weight is 433 g/mol. The summed E-state index contributed by atoms with van der Waals surface area (Å²) >= 11 is 13.6. The van der Waals surface area contributed by atoms with Gasteiger partial charge in [0, 0.05) is 32.6 Å². The molecule has 1 fully saturated rings. The molecule has 2 heterocycles. The van der Waals surface area contributed by atoms with Crippen LogP contribution in [0.2, 0.25) is 10.0 Å². The molecular weight excluding hydrogens is 415 g/mol. The van der Waals surface area contributed by atoms with Crippen molar-refractivity contribution in [3.05, 3.63) is 50.6 Å². The third-order valence-corrected chi connectivity index (χ3v) is 7.94. The molecule has 26 heavy (non-hydrogen) atoms. The standard InChI is InChI=1S/C17H18Cl2N2O3S2/c18-14-2-1-3-15(17(14)19)26(23,24)21-9-7-20(8-10-21)16(22)5-4-13-6-11-25-12-13/h1-3,6,11-12H,4-5,7-10H2. The molecule has 5 nitrogen and oxygen atoms in total. The number of sulfonamides is 1. The van der Waals surface area contributed by atoms with Gasteiger partial charge in [-0.25, -0.2) is 8.42 Å². The fourth-order valence-electron chi connectivity index (χ4n) is 2.84. The topological polar surface area (TPSA) is 57.7 Å². The van der Waals surface area contributed by atoms with Crippen molar-refractivity contribution in [2.75, 3.05) is 26.2 Å². The van der Waals surface area contributed by atoms with Crippen molar-refractivity contribution in [3.63, 3.8) is 0 Å². The Morgan fingerprint density at radius 2 is 1.85 bits per heavy atom. The molecule has 1 amide bonds. The summed E-state index contributed by atoms with van der Waals surface area (Å²) in [4.78, 5) is 14.1. The Hall–Kier alpha value is -1.12. The third kappa shape index (κ3) is 4.23. The largest absolute Gasteiger partial charge is 0.340 e. The molecule has 1 aromatic heterocycles. The number of hydrogen-bond donors (Lipinski definition) is 0. The smallest absolute Gasteiger partial charge is 0.244 e. The van der Waals surface area contributed by atoms with Crippen LogP contribution in [0, 0.1) is 0 Å². The number of aryl methyl sites for hydroxylation is 1. The maximum atomic E-state index is 12.8. The van der Waals surface area contributed by atoms with Crippen LogP contribution in [0.4, 0.5) is 0 Å². The first-order valence-electron chi connectivity index (χ1n) is 8.12. The fraction of sp³-hybridized carbons (Fsp3) is 0.353. The van der Waals surface area contributed by atoms with E-state index in [2.05, 4.69) is 0 Å². The zero-order valence-electron chi connectivity index (χ0n) is 13.9. The zero-order valence-corrected chi connectivity index (χ0v) is 17.0. The number of carbonyl (C=O) groups excluding carboxylic acids is 1. The van der Waals surface area contributed by atoms with Crippen molar-refractivity contribution in [2.45, 2.75) is 17.7 Å². The Labute approximate surface area is 167 Å². The van der Waals surface area contributed by atoms with E-state index in [1.807, 2.05) is 16.8 Å². The number of halogens is 2. The van der Waals surface area contributed by atoms with Crippen LogP contribution in [0.25, 0.3) is 0 Å². The first-order valence-corrected chi connectivity index (χ1v) is 11.3. The predicted octanol–water partition coefficient (Wildman–Crippen LogP) is 3.52. The third-order valence-electron chi connectivity index (χ3n) is 4.33. The molecule has 0 N–H and O–H groups in total. The molecule has 9 heteroatoms. The summed E-state index contributed by atoms with van der Waals surface area (Å²) in [6, 6.07) is 6.57. The number of amides is 1. The lowest BCUT2D eigenvalue weighted by Gasteiger charge is -2.34. The van der Waals surface area contributed by atoms with Gasteiger partial charge < -0.3 is 4.90 Å². The highest BCUT2D eigenvalue weighted by molar-refractivity contribution is 7.89. The monoisotopic (exact) mass is 432 g/mol. The first-order chi connectivity index (χ1) is 12.4. The molecule has 2 aromatic rings. The van der Waals surface area contributed by atoms with Crippen LogP contribution in [-0.4, -0.2) is 49.7 Å². The maximum absolute atomic E-state index is 12.8. The van der Waals surface area contributed by atoms with Gasteiger partial charge in [-0.2, -0.15) is 15.6 Å². The number of carbonyl (C=O) groups is 1. The predicted molar refractivity (Wildman–Crippen MR) is 104 cm³/mol. The lowest BCUT2D eigenvalue weighted by Crippen LogP contribution is -2.50. The minimum Gasteiger partial charge on any atom is -0.340 e. The number of benzene rings is 1. The van der Waals surface area contributed by atoms with Gasteiger partial charge in [0.1, 0.15) is 4.90 Å². The molecule has 1 aliphatic rings. The van der Waals surface area contributed by atoms with Crippen LogP contribution in [0.1, 0.15) is 12.0 Å². The zero-order chi connectivity index (χ0) is 18.7. The van der Waals surface area contributed by atoms with E-state index in [0.717, 1.165) is 5.56 Å². The van der Waals surface area contributed by atoms with E-state index < -0.39 is 10.0 Å². The lowest BCUT2D eigenvalue weighted by molar-refractivity contribution is -0.132. The summed E-state index contributed by atoms with van der Waals surface area (Å²) in [5.41, 5.74) is 1.15. The number of thiophene rings is 1. The highest BCUT2D eigenvalue weighted by Crippen LogP contribution is 2.31. The second kappa shape index (κ2) is 8.27. The fourth-order valence-corrected chi connectivity index (χ4v) is 5.71. The van der Waals surface area contributed by atoms with Crippen LogP contribution in [0.15, 0.2) is 39.9 Å². The Balaban J connectivity index is 1.60. The van der Waals surface area contributed by atoms with Gasteiger partial charge in [-0.1, -0.05) is 29.3 Å². The van der Waals surface area contributed by atoms with E-state index in [9.17, 15) is 13.2 Å². The van der Waals surface area contributed by atoms with Gasteiger partial charge in [0.05, 0.1) is 10.0 Å². The van der Waals surface area contributed by atoms with Gasteiger partial charge in [0.25, 0.3) is 0 Å². The molecule has 0 bridgehead atoms. The molecule has 1 saturated heterocycles. The summed E-state index contributed by atoms with van der Waals surface area (Å²) < 4.78 is 27.0. The highest BCUT2D eigenvalue weighted by atomic mass is 35.5. The molecule has 1 aliphatic heterocycles. The van der Waals surface area contributed by atoms with E-state index >= 15 is 0 Å². The second-order valence-electron chi connectivity index (χ2n) is 5.97. The Kier molecular flexibility index (Phi) is 6.25. The van der Waals surface area contributed by atoms with Crippen molar-refractivity contribution < 1.29 is 13.2 Å². The minimum absolute atomic E-state index is 0.00361. The van der Waals surface area contributed by atoms with Gasteiger partial charge in [-0.05, 0) is 40.9 Å². The Bertz CT molecular complexity index is 877. The number of piperazine rings is 1. The lowest BCUT2D eigenvalue weighted by atomic mass is 10.1. The van der Waals surface area contributed by atoms with Gasteiger partial charge in [-0.3, -0.25) is 4.79 Å². The van der Waals surface area contributed by atoms with E-state index in [1.54, 1.807) is 28.4 Å². The molecule has 3 rings (SSSR count). The molecule has 1 aromatic carbocycles. The maximum Gasteiger partial charge on any atom is 0.244 e. The molecule has 140 valence electrons. The van der Waals surface area contributed by atoms with Crippen molar-refractivity contribution in [1.82, 2.24) is 9.21 Å². The Morgan fingerprint density at radius 3 is 2.50 bits per heavy atom. The summed E-state index contributed by atoms with van der Waals surface area (Å²) in [6.45, 7) is 1.24. The molecule has 0 unspecified atom stereocenters. The quantitative estimate of drug-likeness (QED) is 0.725. The van der Waals surface area contributed by atoms with Crippen molar-refractivity contribution >= 4 is 50.5 Å². The number of nitrogens with zero attached hydrogens (tertiary/aromatic N) is 2. The van der Waals surface area contributed by atoms with Crippen LogP contribution in [-0.2, 0) is 21.2 Å². The SMILES string of the molecule is O=C(CCc1ccsc1)N1CCN(S(=O)(=O)c2cccc(Cl)c2Cl)CC1. The van der Waals surface area contributed by atoms with Crippen LogP contribution in [0.3, 0.4) is 0 Å².